The first-order valence-electron chi connectivity index (χ1n) is 10.2. The summed E-state index contributed by atoms with van der Waals surface area (Å²) in [7, 11) is 1.65. The van der Waals surface area contributed by atoms with Crippen LogP contribution in [0.1, 0.15) is 53.5 Å². The molecule has 0 radical (unpaired) electrons. The molecule has 0 spiro atoms. The van der Waals surface area contributed by atoms with E-state index < -0.39 is 0 Å². The van der Waals surface area contributed by atoms with Crippen LogP contribution >= 0.6 is 0 Å². The molecule has 154 valence electrons. The highest BCUT2D eigenvalue weighted by molar-refractivity contribution is 5.89. The molecule has 1 fully saturated rings. The van der Waals surface area contributed by atoms with Crippen LogP contribution in [0.3, 0.4) is 0 Å². The highest BCUT2D eigenvalue weighted by Gasteiger charge is 2.34. The first kappa shape index (κ1) is 19.5. The number of benzene rings is 1. The van der Waals surface area contributed by atoms with Crippen molar-refractivity contribution in [2.75, 3.05) is 13.7 Å². The molecule has 7 nitrogen and oxygen atoms in total. The summed E-state index contributed by atoms with van der Waals surface area (Å²) in [5.74, 6) is 1.00. The quantitative estimate of drug-likeness (QED) is 0.726. The van der Waals surface area contributed by atoms with Crippen LogP contribution in [0, 0.1) is 5.92 Å². The summed E-state index contributed by atoms with van der Waals surface area (Å²) in [6, 6.07) is 8.12. The summed E-state index contributed by atoms with van der Waals surface area (Å²) >= 11 is 0. The van der Waals surface area contributed by atoms with Crippen molar-refractivity contribution in [3.63, 3.8) is 0 Å². The molecular formula is C22H27N3O4. The molecule has 2 aliphatic rings. The first-order chi connectivity index (χ1) is 14.1. The van der Waals surface area contributed by atoms with E-state index in [4.69, 9.17) is 9.47 Å². The van der Waals surface area contributed by atoms with Crippen LogP contribution < -0.4 is 10.1 Å². The lowest BCUT2D eigenvalue weighted by Gasteiger charge is -2.16. The van der Waals surface area contributed by atoms with Crippen molar-refractivity contribution in [2.45, 2.75) is 51.6 Å². The van der Waals surface area contributed by atoms with E-state index in [-0.39, 0.29) is 17.9 Å². The van der Waals surface area contributed by atoms with Crippen molar-refractivity contribution in [1.29, 1.82) is 0 Å². The Bertz CT molecular complexity index is 904. The van der Waals surface area contributed by atoms with Crippen molar-refractivity contribution in [3.05, 3.63) is 46.8 Å². The lowest BCUT2D eigenvalue weighted by atomic mass is 9.96. The maximum Gasteiger partial charge on any atom is 0.359 e. The molecule has 1 amide bonds. The average molecular weight is 397 g/mol. The summed E-state index contributed by atoms with van der Waals surface area (Å²) in [4.78, 5) is 24.0. The third-order valence-corrected chi connectivity index (χ3v) is 5.80. The zero-order valence-corrected chi connectivity index (χ0v) is 16.9. The summed E-state index contributed by atoms with van der Waals surface area (Å²) in [5.41, 5.74) is 3.65. The molecule has 1 N–H and O–H groups in total. The summed E-state index contributed by atoms with van der Waals surface area (Å²) in [5, 5.41) is 7.67. The molecule has 1 aromatic heterocycles. The van der Waals surface area contributed by atoms with Crippen LogP contribution in [0.5, 0.6) is 5.75 Å². The van der Waals surface area contributed by atoms with Gasteiger partial charge in [-0.1, -0.05) is 12.1 Å². The number of methoxy groups -OCH3 is 1. The van der Waals surface area contributed by atoms with Crippen LogP contribution in [-0.2, 0) is 28.9 Å². The van der Waals surface area contributed by atoms with Gasteiger partial charge < -0.3 is 14.8 Å². The largest absolute Gasteiger partial charge is 0.497 e. The minimum Gasteiger partial charge on any atom is -0.497 e. The second-order valence-electron chi connectivity index (χ2n) is 7.81. The van der Waals surface area contributed by atoms with E-state index in [1.165, 1.54) is 0 Å². The Labute approximate surface area is 170 Å². The van der Waals surface area contributed by atoms with Crippen molar-refractivity contribution in [3.8, 4) is 5.75 Å². The number of hydrogen-bond acceptors (Lipinski definition) is 5. The van der Waals surface area contributed by atoms with Crippen molar-refractivity contribution >= 4 is 11.9 Å². The molecule has 1 aromatic carbocycles. The predicted molar refractivity (Wildman–Crippen MR) is 107 cm³/mol. The molecule has 2 atom stereocenters. The number of esters is 1. The maximum absolute atomic E-state index is 12.5. The fourth-order valence-corrected chi connectivity index (χ4v) is 4.43. The highest BCUT2D eigenvalue weighted by Crippen LogP contribution is 2.34. The SMILES string of the molecule is CCOC(=O)c1nn(Cc2ccc(OC)cc2)c2c1CC(C[C@H]1CCC(=O)N1)C2. The fraction of sp³-hybridized carbons (Fsp3) is 0.500. The zero-order chi connectivity index (χ0) is 20.4. The molecule has 0 bridgehead atoms. The first-order valence-corrected chi connectivity index (χ1v) is 10.2. The Morgan fingerprint density at radius 2 is 2.07 bits per heavy atom. The van der Waals surface area contributed by atoms with Crippen molar-refractivity contribution in [1.82, 2.24) is 15.1 Å². The number of fused-ring (bicyclic) bond motifs is 1. The number of nitrogens with one attached hydrogen (secondary N) is 1. The van der Waals surface area contributed by atoms with E-state index in [9.17, 15) is 9.59 Å². The molecule has 2 heterocycles. The van der Waals surface area contributed by atoms with E-state index in [2.05, 4.69) is 10.4 Å². The number of nitrogens with zero attached hydrogens (tertiary/aromatic N) is 2. The summed E-state index contributed by atoms with van der Waals surface area (Å²) in [6.07, 6.45) is 4.12. The van der Waals surface area contributed by atoms with E-state index in [0.29, 0.717) is 31.2 Å². The van der Waals surface area contributed by atoms with Gasteiger partial charge in [0.15, 0.2) is 5.69 Å². The van der Waals surface area contributed by atoms with Gasteiger partial charge in [0.1, 0.15) is 5.75 Å². The maximum atomic E-state index is 12.5. The lowest BCUT2D eigenvalue weighted by Crippen LogP contribution is -2.28. The third-order valence-electron chi connectivity index (χ3n) is 5.80. The van der Waals surface area contributed by atoms with Gasteiger partial charge in [-0.15, -0.1) is 0 Å². The van der Waals surface area contributed by atoms with Crippen LogP contribution in [0.25, 0.3) is 0 Å². The third kappa shape index (κ3) is 4.13. The van der Waals surface area contributed by atoms with Gasteiger partial charge in [-0.2, -0.15) is 5.10 Å². The normalized spacial score (nSPS) is 20.4. The number of amides is 1. The van der Waals surface area contributed by atoms with Crippen LogP contribution in [-0.4, -0.2) is 41.4 Å². The molecular weight excluding hydrogens is 370 g/mol. The van der Waals surface area contributed by atoms with Crippen LogP contribution in [0.2, 0.25) is 0 Å². The molecule has 7 heteroatoms. The number of hydrogen-bond donors (Lipinski definition) is 1. The van der Waals surface area contributed by atoms with Gasteiger partial charge in [-0.3, -0.25) is 9.48 Å². The number of carbonyl (C=O) groups is 2. The van der Waals surface area contributed by atoms with E-state index >= 15 is 0 Å². The molecule has 29 heavy (non-hydrogen) atoms. The van der Waals surface area contributed by atoms with Gasteiger partial charge in [-0.25, -0.2) is 4.79 Å². The van der Waals surface area contributed by atoms with Gasteiger partial charge in [0, 0.05) is 23.7 Å². The topological polar surface area (TPSA) is 82.4 Å². The van der Waals surface area contributed by atoms with E-state index in [1.54, 1.807) is 14.0 Å². The predicted octanol–water partition coefficient (Wildman–Crippen LogP) is 2.50. The van der Waals surface area contributed by atoms with Crippen molar-refractivity contribution < 1.29 is 19.1 Å². The molecule has 1 aliphatic carbocycles. The Morgan fingerprint density at radius 3 is 2.72 bits per heavy atom. The molecule has 0 saturated carbocycles. The highest BCUT2D eigenvalue weighted by atomic mass is 16.5. The zero-order valence-electron chi connectivity index (χ0n) is 16.9. The Balaban J connectivity index is 1.55. The van der Waals surface area contributed by atoms with Gasteiger partial charge in [0.05, 0.1) is 20.3 Å². The minimum atomic E-state index is -0.355. The van der Waals surface area contributed by atoms with E-state index in [0.717, 1.165) is 48.3 Å². The van der Waals surface area contributed by atoms with Gasteiger partial charge >= 0.3 is 5.97 Å². The molecule has 1 saturated heterocycles. The number of aromatic nitrogens is 2. The number of rotatable bonds is 7. The summed E-state index contributed by atoms with van der Waals surface area (Å²) in [6.45, 7) is 2.73. The Kier molecular flexibility index (Phi) is 5.56. The number of ether oxygens (including phenoxy) is 2. The lowest BCUT2D eigenvalue weighted by molar-refractivity contribution is -0.119. The Morgan fingerprint density at radius 1 is 1.28 bits per heavy atom. The molecule has 2 aromatic rings. The molecule has 1 unspecified atom stereocenters. The second kappa shape index (κ2) is 8.27. The number of carbonyl (C=O) groups excluding carboxylic acids is 2. The summed E-state index contributed by atoms with van der Waals surface area (Å²) < 4.78 is 12.4. The average Bonchev–Trinajstić information content (AvgIpc) is 3.39. The second-order valence-corrected chi connectivity index (χ2v) is 7.81. The van der Waals surface area contributed by atoms with E-state index in [1.807, 2.05) is 28.9 Å². The van der Waals surface area contributed by atoms with Crippen LogP contribution in [0.4, 0.5) is 0 Å². The smallest absolute Gasteiger partial charge is 0.359 e. The Hall–Kier alpha value is -2.83. The minimum absolute atomic E-state index is 0.142. The van der Waals surface area contributed by atoms with Gasteiger partial charge in [0.25, 0.3) is 0 Å². The molecule has 1 aliphatic heterocycles. The van der Waals surface area contributed by atoms with Gasteiger partial charge in [-0.05, 0) is 56.2 Å². The monoisotopic (exact) mass is 397 g/mol. The van der Waals surface area contributed by atoms with Gasteiger partial charge in [0.2, 0.25) is 5.91 Å². The fourth-order valence-electron chi connectivity index (χ4n) is 4.43. The molecule has 4 rings (SSSR count). The standard InChI is InChI=1S/C22H27N3O4/c1-3-29-22(27)21-18-11-15(10-16-6-9-20(26)23-16)12-19(18)25(24-21)13-14-4-7-17(28-2)8-5-14/h4-5,7-8,15-16H,3,6,9-13H2,1-2H3,(H,23,26)/t15?,16-/m1/s1. The van der Waals surface area contributed by atoms with Crippen LogP contribution in [0.15, 0.2) is 24.3 Å². The van der Waals surface area contributed by atoms with Crippen molar-refractivity contribution in [2.24, 2.45) is 5.92 Å².